The van der Waals surface area contributed by atoms with Gasteiger partial charge in [-0.25, -0.2) is 17.9 Å². The maximum atomic E-state index is 12.1. The first-order valence-corrected chi connectivity index (χ1v) is 11.3. The molecule has 1 atom stereocenters. The van der Waals surface area contributed by atoms with Crippen LogP contribution in [0.25, 0.3) is 0 Å². The lowest BCUT2D eigenvalue weighted by Crippen LogP contribution is -2.41. The molecule has 166 valence electrons. The van der Waals surface area contributed by atoms with Crippen LogP contribution in [0.4, 0.5) is 0 Å². The second kappa shape index (κ2) is 9.48. The van der Waals surface area contributed by atoms with E-state index in [0.717, 1.165) is 6.26 Å². The predicted octanol–water partition coefficient (Wildman–Crippen LogP) is 1.74. The van der Waals surface area contributed by atoms with Crippen molar-refractivity contribution in [2.75, 3.05) is 20.0 Å². The lowest BCUT2D eigenvalue weighted by Gasteiger charge is -2.17. The van der Waals surface area contributed by atoms with Gasteiger partial charge in [0.15, 0.2) is 0 Å². The molecule has 10 heteroatoms. The Bertz CT molecular complexity index is 981. The fourth-order valence-electron chi connectivity index (χ4n) is 3.38. The highest BCUT2D eigenvalue weighted by Gasteiger charge is 2.32. The van der Waals surface area contributed by atoms with E-state index in [4.69, 9.17) is 14.2 Å². The summed E-state index contributed by atoms with van der Waals surface area (Å²) in [6.45, 7) is 5.35. The Kier molecular flexibility index (Phi) is 7.49. The number of fused-ring (bicyclic) bond motifs is 1. The smallest absolute Gasteiger partial charge is 0.342 e. The van der Waals surface area contributed by atoms with Crippen LogP contribution in [0.2, 0.25) is 0 Å². The fourth-order valence-corrected chi connectivity index (χ4v) is 4.08. The van der Waals surface area contributed by atoms with E-state index in [1.807, 2.05) is 0 Å². The van der Waals surface area contributed by atoms with Crippen LogP contribution in [0.5, 0.6) is 11.5 Å². The molecule has 0 fully saturated rings. The first-order chi connectivity index (χ1) is 14.0. The molecule has 0 radical (unpaired) electrons. The summed E-state index contributed by atoms with van der Waals surface area (Å²) >= 11 is 0. The van der Waals surface area contributed by atoms with Gasteiger partial charge in [-0.3, -0.25) is 4.79 Å². The quantitative estimate of drug-likeness (QED) is 0.438. The Morgan fingerprint density at radius 1 is 1.40 bits per heavy atom. The zero-order chi connectivity index (χ0) is 22.6. The summed E-state index contributed by atoms with van der Waals surface area (Å²) in [5, 5.41) is 10.6. The van der Waals surface area contributed by atoms with Gasteiger partial charge in [-0.1, -0.05) is 11.6 Å². The topological polar surface area (TPSA) is 128 Å². The third-order valence-electron chi connectivity index (χ3n) is 4.76. The van der Waals surface area contributed by atoms with E-state index in [9.17, 15) is 23.1 Å². The van der Waals surface area contributed by atoms with Crippen LogP contribution in [0.1, 0.15) is 47.3 Å². The number of ether oxygens (including phenoxy) is 3. The fraction of sp³-hybridized carbons (Fsp3) is 0.500. The normalized spacial score (nSPS) is 14.8. The molecule has 0 saturated heterocycles. The number of rotatable bonds is 9. The zero-order valence-corrected chi connectivity index (χ0v) is 18.5. The minimum atomic E-state index is -3.62. The van der Waals surface area contributed by atoms with Crippen molar-refractivity contribution in [1.82, 2.24) is 4.72 Å². The molecule has 0 spiro atoms. The van der Waals surface area contributed by atoms with Crippen LogP contribution in [-0.2, 0) is 37.3 Å². The van der Waals surface area contributed by atoms with Crippen molar-refractivity contribution in [2.24, 2.45) is 0 Å². The Hall–Kier alpha value is -2.59. The summed E-state index contributed by atoms with van der Waals surface area (Å²) < 4.78 is 40.9. The third kappa shape index (κ3) is 5.31. The Labute approximate surface area is 176 Å². The van der Waals surface area contributed by atoms with Crippen molar-refractivity contribution in [3.05, 3.63) is 33.9 Å². The number of hydrogen-bond donors (Lipinski definition) is 2. The van der Waals surface area contributed by atoms with Crippen LogP contribution in [0, 0.1) is 6.92 Å². The molecule has 0 aromatic heterocycles. The number of benzene rings is 1. The van der Waals surface area contributed by atoms with E-state index in [1.165, 1.54) is 7.11 Å². The molecule has 1 aliphatic rings. The van der Waals surface area contributed by atoms with Crippen LogP contribution in [-0.4, -0.2) is 51.5 Å². The Morgan fingerprint density at radius 2 is 2.07 bits per heavy atom. The van der Waals surface area contributed by atoms with Gasteiger partial charge in [0.25, 0.3) is 0 Å². The molecule has 2 N–H and O–H groups in total. The molecule has 2 rings (SSSR count). The van der Waals surface area contributed by atoms with Crippen LogP contribution < -0.4 is 9.46 Å². The monoisotopic (exact) mass is 441 g/mol. The Morgan fingerprint density at radius 3 is 2.63 bits per heavy atom. The molecular formula is C20H27NO8S. The van der Waals surface area contributed by atoms with Crippen molar-refractivity contribution in [3.8, 4) is 11.5 Å². The maximum absolute atomic E-state index is 12.1. The molecule has 1 aliphatic heterocycles. The predicted molar refractivity (Wildman–Crippen MR) is 109 cm³/mol. The van der Waals surface area contributed by atoms with Gasteiger partial charge in [-0.05, 0) is 39.2 Å². The average Bonchev–Trinajstić information content (AvgIpc) is 3.04. The summed E-state index contributed by atoms with van der Waals surface area (Å²) in [6.07, 6.45) is 2.99. The number of aromatic hydroxyl groups is 1. The number of nitrogens with one attached hydrogen (secondary N) is 1. The number of cyclic esters (lactones) is 1. The van der Waals surface area contributed by atoms with Gasteiger partial charge in [-0.15, -0.1) is 0 Å². The van der Waals surface area contributed by atoms with Crippen molar-refractivity contribution in [3.63, 3.8) is 0 Å². The summed E-state index contributed by atoms with van der Waals surface area (Å²) in [7, 11) is -2.15. The number of carbonyl (C=O) groups is 2. The molecule has 1 unspecified atom stereocenters. The standard InChI is InChI=1S/C20H27NO8S/c1-6-28-19(23)15(21-30(5,25)26)9-11(2)7-8-13-17(22)16-14(10-29-20(16)24)12(3)18(13)27-4/h7,15,21-22H,6,8-10H2,1-5H3/b11-7+. The van der Waals surface area contributed by atoms with Gasteiger partial charge < -0.3 is 19.3 Å². The zero-order valence-electron chi connectivity index (χ0n) is 17.7. The first kappa shape index (κ1) is 23.7. The molecule has 0 bridgehead atoms. The summed E-state index contributed by atoms with van der Waals surface area (Å²) in [5.41, 5.74) is 2.54. The van der Waals surface area contributed by atoms with Crippen LogP contribution >= 0.6 is 0 Å². The summed E-state index contributed by atoms with van der Waals surface area (Å²) in [5.74, 6) is -1.01. The summed E-state index contributed by atoms with van der Waals surface area (Å²) in [6, 6.07) is -1.07. The number of allylic oxidation sites excluding steroid dienone is 1. The first-order valence-electron chi connectivity index (χ1n) is 9.38. The number of hydrogen-bond acceptors (Lipinski definition) is 8. The maximum Gasteiger partial charge on any atom is 0.342 e. The molecule has 1 heterocycles. The number of methoxy groups -OCH3 is 1. The number of phenolic OH excluding ortho intramolecular Hbond substituents is 1. The summed E-state index contributed by atoms with van der Waals surface area (Å²) in [4.78, 5) is 24.1. The second-order valence-electron chi connectivity index (χ2n) is 7.07. The van der Waals surface area contributed by atoms with Crippen molar-refractivity contribution in [1.29, 1.82) is 0 Å². The van der Waals surface area contributed by atoms with Gasteiger partial charge in [0.05, 0.1) is 20.0 Å². The van der Waals surface area contributed by atoms with Crippen LogP contribution in [0.15, 0.2) is 11.6 Å². The molecule has 9 nitrogen and oxygen atoms in total. The van der Waals surface area contributed by atoms with E-state index < -0.39 is 28.0 Å². The second-order valence-corrected chi connectivity index (χ2v) is 8.85. The molecule has 1 aromatic carbocycles. The SMILES string of the molecule is CCOC(=O)C(C/C(C)=C/Cc1c(O)c2c(c(C)c1OC)COC2=O)NS(C)(=O)=O. The van der Waals surface area contributed by atoms with E-state index >= 15 is 0 Å². The lowest BCUT2D eigenvalue weighted by molar-refractivity contribution is -0.145. The van der Waals surface area contributed by atoms with E-state index in [1.54, 1.807) is 26.8 Å². The molecule has 30 heavy (non-hydrogen) atoms. The van der Waals surface area contributed by atoms with E-state index in [2.05, 4.69) is 4.72 Å². The highest BCUT2D eigenvalue weighted by Crippen LogP contribution is 2.42. The molecule has 0 amide bonds. The van der Waals surface area contributed by atoms with E-state index in [-0.39, 0.29) is 37.4 Å². The van der Waals surface area contributed by atoms with E-state index in [0.29, 0.717) is 28.0 Å². The number of sulfonamides is 1. The minimum Gasteiger partial charge on any atom is -0.507 e. The largest absolute Gasteiger partial charge is 0.507 e. The van der Waals surface area contributed by atoms with Crippen molar-refractivity contribution in [2.45, 2.75) is 46.3 Å². The molecule has 0 saturated carbocycles. The number of carbonyl (C=O) groups excluding carboxylic acids is 2. The highest BCUT2D eigenvalue weighted by molar-refractivity contribution is 7.88. The van der Waals surface area contributed by atoms with Gasteiger partial charge in [-0.2, -0.15) is 0 Å². The van der Waals surface area contributed by atoms with Gasteiger partial charge >= 0.3 is 11.9 Å². The van der Waals surface area contributed by atoms with Gasteiger partial charge in [0.2, 0.25) is 10.0 Å². The number of esters is 2. The van der Waals surface area contributed by atoms with Crippen molar-refractivity contribution < 1.29 is 37.3 Å². The average molecular weight is 442 g/mol. The van der Waals surface area contributed by atoms with Gasteiger partial charge in [0.1, 0.15) is 29.7 Å². The Balaban J connectivity index is 2.32. The van der Waals surface area contributed by atoms with Crippen LogP contribution in [0.3, 0.4) is 0 Å². The van der Waals surface area contributed by atoms with Crippen molar-refractivity contribution >= 4 is 22.0 Å². The molecule has 1 aromatic rings. The minimum absolute atomic E-state index is 0.0808. The number of phenols is 1. The van der Waals surface area contributed by atoms with Gasteiger partial charge in [0, 0.05) is 11.1 Å². The molecular weight excluding hydrogens is 414 g/mol. The highest BCUT2D eigenvalue weighted by atomic mass is 32.2. The third-order valence-corrected chi connectivity index (χ3v) is 5.47. The lowest BCUT2D eigenvalue weighted by atomic mass is 9.94. The molecule has 0 aliphatic carbocycles.